The Kier molecular flexibility index (Phi) is 8.03. The third-order valence-electron chi connectivity index (χ3n) is 3.45. The Hall–Kier alpha value is -3.15. The number of aromatic nitrogens is 1. The van der Waals surface area contributed by atoms with Gasteiger partial charge in [0, 0.05) is 25.0 Å². The number of esters is 1. The predicted octanol–water partition coefficient (Wildman–Crippen LogP) is 2.78. The summed E-state index contributed by atoms with van der Waals surface area (Å²) in [6, 6.07) is 11.1. The van der Waals surface area contributed by atoms with Crippen molar-refractivity contribution in [2.24, 2.45) is 0 Å². The average molecular weight is 368 g/mol. The number of rotatable bonds is 9. The van der Waals surface area contributed by atoms with Gasteiger partial charge in [-0.05, 0) is 55.7 Å². The molecule has 0 fully saturated rings. The second-order valence-corrected chi connectivity index (χ2v) is 6.14. The van der Waals surface area contributed by atoms with E-state index in [1.165, 1.54) is 6.08 Å². The number of benzene rings is 1. The van der Waals surface area contributed by atoms with Crippen LogP contribution in [0.15, 0.2) is 54.9 Å². The Morgan fingerprint density at radius 2 is 2.07 bits per heavy atom. The zero-order chi connectivity index (χ0) is 19.5. The first-order chi connectivity index (χ1) is 13.0. The van der Waals surface area contributed by atoms with Crippen LogP contribution in [-0.2, 0) is 20.7 Å². The van der Waals surface area contributed by atoms with E-state index in [1.807, 2.05) is 30.3 Å². The van der Waals surface area contributed by atoms with E-state index in [0.29, 0.717) is 18.7 Å². The van der Waals surface area contributed by atoms with Crippen molar-refractivity contribution in [3.63, 3.8) is 0 Å². The fraction of sp³-hybridized carbons (Fsp3) is 0.286. The van der Waals surface area contributed by atoms with Crippen LogP contribution in [0.5, 0.6) is 5.75 Å². The number of ether oxygens (including phenoxy) is 2. The largest absolute Gasteiger partial charge is 0.482 e. The summed E-state index contributed by atoms with van der Waals surface area (Å²) >= 11 is 0. The van der Waals surface area contributed by atoms with Crippen LogP contribution in [0.25, 0.3) is 6.08 Å². The average Bonchev–Trinajstić information content (AvgIpc) is 2.65. The molecule has 1 amide bonds. The minimum Gasteiger partial charge on any atom is -0.482 e. The van der Waals surface area contributed by atoms with Crippen molar-refractivity contribution in [2.45, 2.75) is 26.4 Å². The van der Waals surface area contributed by atoms with E-state index in [9.17, 15) is 9.59 Å². The summed E-state index contributed by atoms with van der Waals surface area (Å²) in [6.45, 7) is 3.95. The molecule has 0 aliphatic rings. The van der Waals surface area contributed by atoms with Crippen molar-refractivity contribution in [3.05, 3.63) is 66.0 Å². The van der Waals surface area contributed by atoms with Gasteiger partial charge in [0.15, 0.2) is 6.61 Å². The number of amides is 1. The lowest BCUT2D eigenvalue weighted by molar-refractivity contribution is -0.149. The van der Waals surface area contributed by atoms with Crippen LogP contribution in [0.3, 0.4) is 0 Å². The van der Waals surface area contributed by atoms with E-state index in [2.05, 4.69) is 10.3 Å². The van der Waals surface area contributed by atoms with Gasteiger partial charge in [-0.3, -0.25) is 9.78 Å². The van der Waals surface area contributed by atoms with E-state index in [1.54, 1.807) is 38.4 Å². The highest BCUT2D eigenvalue weighted by Crippen LogP contribution is 2.13. The molecule has 1 heterocycles. The van der Waals surface area contributed by atoms with Gasteiger partial charge >= 0.3 is 5.97 Å². The first kappa shape index (κ1) is 20.2. The number of hydrogen-bond acceptors (Lipinski definition) is 5. The first-order valence-electron chi connectivity index (χ1n) is 8.80. The summed E-state index contributed by atoms with van der Waals surface area (Å²) in [5.74, 6) is 0.0294. The van der Waals surface area contributed by atoms with Crippen molar-refractivity contribution in [3.8, 4) is 5.75 Å². The SMILES string of the molecule is CC(C)OC(=O)COc1cccc(CCNC(=O)/C=C/c2cccnc2)c1. The van der Waals surface area contributed by atoms with Crippen LogP contribution in [0.2, 0.25) is 0 Å². The lowest BCUT2D eigenvalue weighted by Gasteiger charge is -2.10. The Morgan fingerprint density at radius 3 is 2.81 bits per heavy atom. The molecule has 0 atom stereocenters. The van der Waals surface area contributed by atoms with Gasteiger partial charge < -0.3 is 14.8 Å². The maximum absolute atomic E-state index is 11.8. The first-order valence-corrected chi connectivity index (χ1v) is 8.80. The van der Waals surface area contributed by atoms with Gasteiger partial charge in [0.1, 0.15) is 5.75 Å². The van der Waals surface area contributed by atoms with Gasteiger partial charge in [0.25, 0.3) is 0 Å². The van der Waals surface area contributed by atoms with Gasteiger partial charge in [-0.1, -0.05) is 18.2 Å². The topological polar surface area (TPSA) is 77.5 Å². The highest BCUT2D eigenvalue weighted by Gasteiger charge is 2.07. The molecule has 2 aromatic rings. The van der Waals surface area contributed by atoms with Gasteiger partial charge in [0.05, 0.1) is 6.10 Å². The summed E-state index contributed by atoms with van der Waals surface area (Å²) in [4.78, 5) is 27.4. The molecule has 0 bridgehead atoms. The smallest absolute Gasteiger partial charge is 0.344 e. The van der Waals surface area contributed by atoms with Crippen LogP contribution in [-0.4, -0.2) is 36.1 Å². The maximum Gasteiger partial charge on any atom is 0.344 e. The van der Waals surface area contributed by atoms with Crippen molar-refractivity contribution in [1.82, 2.24) is 10.3 Å². The monoisotopic (exact) mass is 368 g/mol. The number of hydrogen-bond donors (Lipinski definition) is 1. The molecular formula is C21H24N2O4. The number of nitrogens with one attached hydrogen (secondary N) is 1. The van der Waals surface area contributed by atoms with Crippen LogP contribution >= 0.6 is 0 Å². The van der Waals surface area contributed by atoms with Gasteiger partial charge in [0.2, 0.25) is 5.91 Å². The normalized spacial score (nSPS) is 10.8. The van der Waals surface area contributed by atoms with Crippen LogP contribution < -0.4 is 10.1 Å². The second-order valence-electron chi connectivity index (χ2n) is 6.14. The maximum atomic E-state index is 11.8. The molecule has 1 N–H and O–H groups in total. The quantitative estimate of drug-likeness (QED) is 0.544. The Labute approximate surface area is 159 Å². The third kappa shape index (κ3) is 8.18. The summed E-state index contributed by atoms with van der Waals surface area (Å²) in [7, 11) is 0. The summed E-state index contributed by atoms with van der Waals surface area (Å²) in [5.41, 5.74) is 1.87. The fourth-order valence-electron chi connectivity index (χ4n) is 2.27. The predicted molar refractivity (Wildman–Crippen MR) is 103 cm³/mol. The molecule has 27 heavy (non-hydrogen) atoms. The van der Waals surface area contributed by atoms with Crippen molar-refractivity contribution < 1.29 is 19.1 Å². The second kappa shape index (κ2) is 10.8. The summed E-state index contributed by atoms with van der Waals surface area (Å²) in [5, 5.41) is 2.83. The fourth-order valence-corrected chi connectivity index (χ4v) is 2.27. The van der Waals surface area contributed by atoms with E-state index in [-0.39, 0.29) is 18.6 Å². The van der Waals surface area contributed by atoms with Gasteiger partial charge in [-0.2, -0.15) is 0 Å². The van der Waals surface area contributed by atoms with Crippen LogP contribution in [0.4, 0.5) is 0 Å². The lowest BCUT2D eigenvalue weighted by atomic mass is 10.1. The zero-order valence-corrected chi connectivity index (χ0v) is 15.6. The Balaban J connectivity index is 1.75. The minimum atomic E-state index is -0.400. The molecule has 0 spiro atoms. The summed E-state index contributed by atoms with van der Waals surface area (Å²) in [6.07, 6.45) is 7.06. The number of carbonyl (C=O) groups is 2. The number of pyridine rings is 1. The van der Waals surface area contributed by atoms with E-state index < -0.39 is 5.97 Å². The van der Waals surface area contributed by atoms with E-state index in [0.717, 1.165) is 11.1 Å². The Bertz CT molecular complexity index is 773. The molecule has 1 aromatic heterocycles. The van der Waals surface area contributed by atoms with Gasteiger partial charge in [-0.25, -0.2) is 4.79 Å². The molecular weight excluding hydrogens is 344 g/mol. The van der Waals surface area contributed by atoms with E-state index in [4.69, 9.17) is 9.47 Å². The zero-order valence-electron chi connectivity index (χ0n) is 15.6. The van der Waals surface area contributed by atoms with Crippen molar-refractivity contribution in [1.29, 1.82) is 0 Å². The molecule has 0 radical (unpaired) electrons. The van der Waals surface area contributed by atoms with E-state index >= 15 is 0 Å². The molecule has 142 valence electrons. The van der Waals surface area contributed by atoms with Gasteiger partial charge in [-0.15, -0.1) is 0 Å². The number of carbonyl (C=O) groups excluding carboxylic acids is 2. The molecule has 0 saturated carbocycles. The molecule has 0 unspecified atom stereocenters. The highest BCUT2D eigenvalue weighted by molar-refractivity contribution is 5.91. The molecule has 2 rings (SSSR count). The lowest BCUT2D eigenvalue weighted by Crippen LogP contribution is -2.23. The van der Waals surface area contributed by atoms with Crippen LogP contribution in [0, 0.1) is 0 Å². The minimum absolute atomic E-state index is 0.127. The Morgan fingerprint density at radius 1 is 1.22 bits per heavy atom. The molecule has 1 aromatic carbocycles. The van der Waals surface area contributed by atoms with Crippen LogP contribution in [0.1, 0.15) is 25.0 Å². The molecule has 0 aliphatic heterocycles. The molecule has 0 aliphatic carbocycles. The van der Waals surface area contributed by atoms with Crippen molar-refractivity contribution >= 4 is 18.0 Å². The van der Waals surface area contributed by atoms with Crippen molar-refractivity contribution in [2.75, 3.05) is 13.2 Å². The third-order valence-corrected chi connectivity index (χ3v) is 3.45. The summed E-state index contributed by atoms with van der Waals surface area (Å²) < 4.78 is 10.5. The highest BCUT2D eigenvalue weighted by atomic mass is 16.6. The number of nitrogens with zero attached hydrogens (tertiary/aromatic N) is 1. The molecule has 6 nitrogen and oxygen atoms in total. The molecule has 6 heteroatoms. The molecule has 0 saturated heterocycles. The standard InChI is InChI=1S/C21H24N2O4/c1-16(2)27-21(25)15-26-19-7-3-5-17(13-19)10-12-23-20(24)9-8-18-6-4-11-22-14-18/h3-9,11,13-14,16H,10,12,15H2,1-2H3,(H,23,24)/b9-8+.